The summed E-state index contributed by atoms with van der Waals surface area (Å²) in [5.74, 6) is 0.198. The average molecular weight is 540 g/mol. The van der Waals surface area contributed by atoms with Crippen LogP contribution in [-0.4, -0.2) is 71.9 Å². The zero-order chi connectivity index (χ0) is 26.1. The number of rotatable bonds is 8. The van der Waals surface area contributed by atoms with E-state index in [1.165, 1.54) is 18.5 Å². The lowest BCUT2D eigenvalue weighted by Gasteiger charge is -2.25. The fraction of sp³-hybridized carbons (Fsp3) is 0.370. The first kappa shape index (κ1) is 25.0. The lowest BCUT2D eigenvalue weighted by atomic mass is 10.1. The van der Waals surface area contributed by atoms with Crippen LogP contribution in [0.2, 0.25) is 5.02 Å². The zero-order valence-electron chi connectivity index (χ0n) is 20.5. The van der Waals surface area contributed by atoms with Gasteiger partial charge in [-0.2, -0.15) is 0 Å². The Balaban J connectivity index is 1.25. The average Bonchev–Trinajstić information content (AvgIpc) is 3.66. The lowest BCUT2D eigenvalue weighted by Crippen LogP contribution is -2.36. The molecule has 3 atom stereocenters. The molecule has 198 valence electrons. The number of anilines is 3. The molecular weight excluding hydrogens is 513 g/mol. The minimum Gasteiger partial charge on any atom is -0.486 e. The number of carbonyl (C=O) groups excluding carboxylic acids is 1. The maximum absolute atomic E-state index is 13.6. The molecule has 6 rings (SSSR count). The van der Waals surface area contributed by atoms with Gasteiger partial charge in [0.1, 0.15) is 29.8 Å². The molecule has 3 aliphatic rings. The van der Waals surface area contributed by atoms with Crippen LogP contribution in [-0.2, 0) is 14.3 Å². The summed E-state index contributed by atoms with van der Waals surface area (Å²) in [5.41, 5.74) is 1.67. The molecule has 1 aromatic heterocycles. The Kier molecular flexibility index (Phi) is 7.12. The molecule has 0 radical (unpaired) electrons. The van der Waals surface area contributed by atoms with E-state index in [0.717, 1.165) is 26.0 Å². The predicted octanol–water partition coefficient (Wildman–Crippen LogP) is 4.30. The number of benzene rings is 2. The largest absolute Gasteiger partial charge is 0.486 e. The normalized spacial score (nSPS) is 22.9. The minimum atomic E-state index is -0.508. The van der Waals surface area contributed by atoms with Crippen molar-refractivity contribution in [3.05, 3.63) is 59.7 Å². The maximum Gasteiger partial charge on any atom is 0.248 e. The Bertz CT molecular complexity index is 1380. The van der Waals surface area contributed by atoms with E-state index in [2.05, 4.69) is 25.5 Å². The highest BCUT2D eigenvalue weighted by Crippen LogP contribution is 2.35. The quantitative estimate of drug-likeness (QED) is 0.409. The molecule has 3 aliphatic heterocycles. The number of nitrogens with one attached hydrogen (secondary N) is 2. The number of likely N-dealkylation sites (tertiary alicyclic amines) is 1. The molecule has 3 fully saturated rings. The minimum absolute atomic E-state index is 0.00291. The summed E-state index contributed by atoms with van der Waals surface area (Å²) in [6.45, 7) is 3.46. The van der Waals surface area contributed by atoms with Gasteiger partial charge in [-0.1, -0.05) is 17.7 Å². The predicted molar refractivity (Wildman–Crippen MR) is 142 cm³/mol. The number of morpholine rings is 1. The molecule has 2 bridgehead atoms. The van der Waals surface area contributed by atoms with Gasteiger partial charge in [0.25, 0.3) is 0 Å². The highest BCUT2D eigenvalue weighted by Gasteiger charge is 2.38. The van der Waals surface area contributed by atoms with E-state index < -0.39 is 5.82 Å². The van der Waals surface area contributed by atoms with Gasteiger partial charge in [-0.15, -0.1) is 0 Å². The van der Waals surface area contributed by atoms with Crippen molar-refractivity contribution in [1.29, 1.82) is 0 Å². The Labute approximate surface area is 223 Å². The summed E-state index contributed by atoms with van der Waals surface area (Å²) >= 11 is 5.95. The van der Waals surface area contributed by atoms with Gasteiger partial charge in [0.05, 0.1) is 42.2 Å². The highest BCUT2D eigenvalue weighted by molar-refractivity contribution is 6.31. The number of aromatic nitrogens is 2. The third-order valence-corrected chi connectivity index (χ3v) is 7.27. The van der Waals surface area contributed by atoms with Crippen LogP contribution in [0.15, 0.2) is 48.8 Å². The summed E-state index contributed by atoms with van der Waals surface area (Å²) in [7, 11) is 0. The molecule has 9 nitrogen and oxygen atoms in total. The third-order valence-electron chi connectivity index (χ3n) is 6.98. The SMILES string of the molecule is O=C(/C=C/CN1C[C@H]2C[C@@H]1CO2)Nc1cc2c(Nc3ccc(F)c(Cl)c3)ncnc2cc1O[C@H]1CCOC1. The van der Waals surface area contributed by atoms with Gasteiger partial charge in [0.15, 0.2) is 0 Å². The number of fused-ring (bicyclic) bond motifs is 3. The van der Waals surface area contributed by atoms with E-state index in [1.54, 1.807) is 24.3 Å². The standard InChI is InChI=1S/C27H27ClFN5O4/c28-21-8-16(3-4-22(21)29)32-27-20-10-24(25(11-23(20)30-15-31-27)38-18-5-7-36-14-18)33-26(35)2-1-6-34-12-19-9-17(34)13-37-19/h1-4,8,10-11,15,17-19H,5-7,9,12-14H2,(H,33,35)(H,30,31,32)/b2-1+/t17-,18+,19-/m1/s1. The monoisotopic (exact) mass is 539 g/mol. The summed E-state index contributed by atoms with van der Waals surface area (Å²) in [4.78, 5) is 24.0. The molecule has 3 saturated heterocycles. The van der Waals surface area contributed by atoms with Crippen molar-refractivity contribution in [1.82, 2.24) is 14.9 Å². The van der Waals surface area contributed by atoms with Crippen molar-refractivity contribution >= 4 is 45.6 Å². The molecule has 4 heterocycles. The molecule has 0 spiro atoms. The van der Waals surface area contributed by atoms with E-state index in [4.69, 9.17) is 25.8 Å². The van der Waals surface area contributed by atoms with Gasteiger partial charge < -0.3 is 24.8 Å². The number of halogens is 2. The Morgan fingerprint density at radius 2 is 2.18 bits per heavy atom. The number of amides is 1. The van der Waals surface area contributed by atoms with Crippen LogP contribution < -0.4 is 15.4 Å². The van der Waals surface area contributed by atoms with E-state index in [-0.39, 0.29) is 17.0 Å². The molecule has 2 aromatic carbocycles. The van der Waals surface area contributed by atoms with Crippen LogP contribution in [0, 0.1) is 5.82 Å². The second kappa shape index (κ2) is 10.8. The van der Waals surface area contributed by atoms with Gasteiger partial charge >= 0.3 is 0 Å². The third kappa shape index (κ3) is 5.44. The lowest BCUT2D eigenvalue weighted by molar-refractivity contribution is -0.111. The van der Waals surface area contributed by atoms with E-state index in [1.807, 2.05) is 6.08 Å². The number of nitrogens with zero attached hydrogens (tertiary/aromatic N) is 3. The molecule has 11 heteroatoms. The fourth-order valence-corrected chi connectivity index (χ4v) is 5.23. The van der Waals surface area contributed by atoms with Crippen LogP contribution in [0.4, 0.5) is 21.6 Å². The van der Waals surface area contributed by atoms with Crippen molar-refractivity contribution < 1.29 is 23.4 Å². The molecule has 3 aromatic rings. The summed E-state index contributed by atoms with van der Waals surface area (Å²) < 4.78 is 30.9. The maximum atomic E-state index is 13.6. The van der Waals surface area contributed by atoms with Gasteiger partial charge in [-0.05, 0) is 30.7 Å². The smallest absolute Gasteiger partial charge is 0.248 e. The van der Waals surface area contributed by atoms with Crippen LogP contribution in [0.1, 0.15) is 12.8 Å². The Hall–Kier alpha value is -3.31. The summed E-state index contributed by atoms with van der Waals surface area (Å²) in [6, 6.07) is 8.31. The zero-order valence-corrected chi connectivity index (χ0v) is 21.3. The number of hydrogen-bond acceptors (Lipinski definition) is 8. The van der Waals surface area contributed by atoms with E-state index in [0.29, 0.717) is 65.7 Å². The fourth-order valence-electron chi connectivity index (χ4n) is 5.05. The second-order valence-electron chi connectivity index (χ2n) is 9.64. The van der Waals surface area contributed by atoms with Crippen molar-refractivity contribution in [2.75, 3.05) is 43.5 Å². The highest BCUT2D eigenvalue weighted by atomic mass is 35.5. The van der Waals surface area contributed by atoms with Gasteiger partial charge in [-0.3, -0.25) is 9.69 Å². The molecule has 0 saturated carbocycles. The van der Waals surface area contributed by atoms with Gasteiger partial charge in [0, 0.05) is 48.8 Å². The number of carbonyl (C=O) groups is 1. The first-order valence-corrected chi connectivity index (χ1v) is 13.0. The van der Waals surface area contributed by atoms with Crippen LogP contribution in [0.5, 0.6) is 5.75 Å². The molecule has 0 unspecified atom stereocenters. The van der Waals surface area contributed by atoms with Crippen molar-refractivity contribution in [3.8, 4) is 5.75 Å². The number of ether oxygens (including phenoxy) is 3. The second-order valence-corrected chi connectivity index (χ2v) is 10.0. The van der Waals surface area contributed by atoms with Gasteiger partial charge in [0.2, 0.25) is 5.91 Å². The molecule has 38 heavy (non-hydrogen) atoms. The van der Waals surface area contributed by atoms with E-state index >= 15 is 0 Å². The molecular formula is C27H27ClFN5O4. The first-order valence-electron chi connectivity index (χ1n) is 12.6. The first-order chi connectivity index (χ1) is 18.5. The topological polar surface area (TPSA) is 97.8 Å². The molecule has 0 aliphatic carbocycles. The van der Waals surface area contributed by atoms with Crippen LogP contribution in [0.3, 0.4) is 0 Å². The number of hydrogen-bond donors (Lipinski definition) is 2. The van der Waals surface area contributed by atoms with E-state index in [9.17, 15) is 9.18 Å². The van der Waals surface area contributed by atoms with Crippen molar-refractivity contribution in [3.63, 3.8) is 0 Å². The van der Waals surface area contributed by atoms with Crippen LogP contribution >= 0.6 is 11.6 Å². The molecule has 2 N–H and O–H groups in total. The Morgan fingerprint density at radius 3 is 2.95 bits per heavy atom. The Morgan fingerprint density at radius 1 is 1.26 bits per heavy atom. The summed E-state index contributed by atoms with van der Waals surface area (Å²) in [5, 5.41) is 6.76. The molecule has 1 amide bonds. The van der Waals surface area contributed by atoms with Crippen molar-refractivity contribution in [2.24, 2.45) is 0 Å². The van der Waals surface area contributed by atoms with Crippen molar-refractivity contribution in [2.45, 2.75) is 31.1 Å². The van der Waals surface area contributed by atoms with Crippen LogP contribution in [0.25, 0.3) is 10.9 Å². The van der Waals surface area contributed by atoms with Gasteiger partial charge in [-0.25, -0.2) is 14.4 Å². The summed E-state index contributed by atoms with van der Waals surface area (Å²) in [6.07, 6.45) is 6.86.